The first-order chi connectivity index (χ1) is 9.57. The fraction of sp³-hybridized carbons (Fsp3) is 0.462. The Morgan fingerprint density at radius 1 is 1.43 bits per heavy atom. The Bertz CT molecular complexity index is 647. The van der Waals surface area contributed by atoms with Crippen LogP contribution in [-0.4, -0.2) is 20.4 Å². The van der Waals surface area contributed by atoms with E-state index in [0.29, 0.717) is 0 Å². The van der Waals surface area contributed by atoms with E-state index in [-0.39, 0.29) is 31.9 Å². The normalized spacial score (nSPS) is 13.3. The maximum Gasteiger partial charge on any atom is 0.253 e. The predicted octanol–water partition coefficient (Wildman–Crippen LogP) is 2.91. The molecule has 21 heavy (non-hydrogen) atoms. The highest BCUT2D eigenvalue weighted by Crippen LogP contribution is 2.28. The largest absolute Gasteiger partial charge is 0.349 e. The van der Waals surface area contributed by atoms with Gasteiger partial charge in [-0.3, -0.25) is 4.79 Å². The van der Waals surface area contributed by atoms with E-state index < -0.39 is 15.9 Å². The third kappa shape index (κ3) is 4.67. The SMILES string of the molecule is CCC(NC(=O)c1cc(S(N)(=O)=O)c(Br)cc1Cl)C(C)C. The van der Waals surface area contributed by atoms with Gasteiger partial charge in [0.15, 0.2) is 0 Å². The molecular weight excluding hydrogens is 380 g/mol. The summed E-state index contributed by atoms with van der Waals surface area (Å²) in [7, 11) is -3.94. The van der Waals surface area contributed by atoms with E-state index in [1.165, 1.54) is 12.1 Å². The zero-order chi connectivity index (χ0) is 16.4. The lowest BCUT2D eigenvalue weighted by molar-refractivity contribution is 0.0924. The molecule has 0 saturated heterocycles. The Morgan fingerprint density at radius 2 is 2.00 bits per heavy atom. The first kappa shape index (κ1) is 18.4. The summed E-state index contributed by atoms with van der Waals surface area (Å²) >= 11 is 9.10. The molecule has 1 aromatic rings. The molecule has 0 saturated carbocycles. The van der Waals surface area contributed by atoms with Gasteiger partial charge in [0, 0.05) is 10.5 Å². The van der Waals surface area contributed by atoms with Gasteiger partial charge >= 0.3 is 0 Å². The fourth-order valence-electron chi connectivity index (χ4n) is 1.91. The van der Waals surface area contributed by atoms with E-state index >= 15 is 0 Å². The second-order valence-corrected chi connectivity index (χ2v) is 7.83. The van der Waals surface area contributed by atoms with Crippen molar-refractivity contribution in [3.63, 3.8) is 0 Å². The number of hydrogen-bond acceptors (Lipinski definition) is 3. The Balaban J connectivity index is 3.22. The third-order valence-corrected chi connectivity index (χ3v) is 5.32. The highest BCUT2D eigenvalue weighted by molar-refractivity contribution is 9.10. The quantitative estimate of drug-likeness (QED) is 0.800. The number of hydrogen-bond donors (Lipinski definition) is 2. The fourth-order valence-corrected chi connectivity index (χ4v) is 3.92. The van der Waals surface area contributed by atoms with Gasteiger partial charge in [0.05, 0.1) is 15.5 Å². The monoisotopic (exact) mass is 396 g/mol. The van der Waals surface area contributed by atoms with Crippen molar-refractivity contribution in [1.29, 1.82) is 0 Å². The number of halogens is 2. The number of carbonyl (C=O) groups is 1. The maximum absolute atomic E-state index is 12.3. The van der Waals surface area contributed by atoms with Gasteiger partial charge in [-0.25, -0.2) is 13.6 Å². The van der Waals surface area contributed by atoms with Crippen molar-refractivity contribution in [3.05, 3.63) is 27.2 Å². The van der Waals surface area contributed by atoms with Crippen molar-refractivity contribution in [1.82, 2.24) is 5.32 Å². The topological polar surface area (TPSA) is 89.3 Å². The maximum atomic E-state index is 12.3. The summed E-state index contributed by atoms with van der Waals surface area (Å²) < 4.78 is 23.2. The van der Waals surface area contributed by atoms with E-state index in [0.717, 1.165) is 6.42 Å². The van der Waals surface area contributed by atoms with Crippen molar-refractivity contribution >= 4 is 43.5 Å². The van der Waals surface area contributed by atoms with Crippen LogP contribution >= 0.6 is 27.5 Å². The van der Waals surface area contributed by atoms with Crippen LogP contribution < -0.4 is 10.5 Å². The van der Waals surface area contributed by atoms with E-state index in [2.05, 4.69) is 21.2 Å². The molecule has 0 aromatic heterocycles. The van der Waals surface area contributed by atoms with Gasteiger partial charge in [0.25, 0.3) is 5.91 Å². The van der Waals surface area contributed by atoms with Crippen LogP contribution in [0, 0.1) is 5.92 Å². The Morgan fingerprint density at radius 3 is 2.43 bits per heavy atom. The van der Waals surface area contributed by atoms with Crippen LogP contribution in [-0.2, 0) is 10.0 Å². The number of nitrogens with one attached hydrogen (secondary N) is 1. The van der Waals surface area contributed by atoms with Crippen LogP contribution in [0.5, 0.6) is 0 Å². The molecule has 0 aliphatic carbocycles. The summed E-state index contributed by atoms with van der Waals surface area (Å²) in [5.74, 6) is -0.163. The molecule has 1 aromatic carbocycles. The standard InChI is InChI=1S/C13H18BrClN2O3S/c1-4-11(7(2)3)17-13(18)8-5-12(21(16,19)20)9(14)6-10(8)15/h5-7,11H,4H2,1-3H3,(H,17,18)(H2,16,19,20). The molecule has 1 unspecified atom stereocenters. The molecule has 1 rings (SSSR count). The van der Waals surface area contributed by atoms with Gasteiger partial charge in [-0.2, -0.15) is 0 Å². The molecule has 5 nitrogen and oxygen atoms in total. The van der Waals surface area contributed by atoms with Crippen LogP contribution in [0.3, 0.4) is 0 Å². The Labute approximate surface area is 138 Å². The van der Waals surface area contributed by atoms with Gasteiger partial charge < -0.3 is 5.32 Å². The molecule has 0 fully saturated rings. The van der Waals surface area contributed by atoms with E-state index in [1.807, 2.05) is 20.8 Å². The highest BCUT2D eigenvalue weighted by Gasteiger charge is 2.21. The summed E-state index contributed by atoms with van der Waals surface area (Å²) in [6, 6.07) is 2.52. The van der Waals surface area contributed by atoms with Crippen LogP contribution in [0.2, 0.25) is 5.02 Å². The summed E-state index contributed by atoms with van der Waals surface area (Å²) in [6.45, 7) is 5.95. The predicted molar refractivity (Wildman–Crippen MR) is 86.9 cm³/mol. The lowest BCUT2D eigenvalue weighted by atomic mass is 10.0. The average Bonchev–Trinajstić information content (AvgIpc) is 2.33. The van der Waals surface area contributed by atoms with Crippen LogP contribution in [0.25, 0.3) is 0 Å². The molecule has 0 spiro atoms. The lowest BCUT2D eigenvalue weighted by Gasteiger charge is -2.21. The zero-order valence-corrected chi connectivity index (χ0v) is 15.1. The van der Waals surface area contributed by atoms with Gasteiger partial charge in [-0.05, 0) is 40.4 Å². The molecule has 3 N–H and O–H groups in total. The molecule has 1 amide bonds. The van der Waals surface area contributed by atoms with Gasteiger partial charge in [0.2, 0.25) is 10.0 Å². The second-order valence-electron chi connectivity index (χ2n) is 5.04. The second kappa shape index (κ2) is 7.09. The number of carbonyl (C=O) groups excluding carboxylic acids is 1. The van der Waals surface area contributed by atoms with Crippen molar-refractivity contribution in [2.75, 3.05) is 0 Å². The molecule has 118 valence electrons. The number of nitrogens with two attached hydrogens (primary N) is 1. The number of amides is 1. The molecule has 0 aliphatic rings. The minimum atomic E-state index is -3.94. The lowest BCUT2D eigenvalue weighted by Crippen LogP contribution is -2.38. The Hall–Kier alpha value is -0.630. The minimum absolute atomic E-state index is 0.0184. The molecule has 8 heteroatoms. The van der Waals surface area contributed by atoms with Gasteiger partial charge in [0.1, 0.15) is 0 Å². The van der Waals surface area contributed by atoms with Gasteiger partial charge in [-0.15, -0.1) is 0 Å². The molecule has 0 bridgehead atoms. The zero-order valence-electron chi connectivity index (χ0n) is 12.0. The number of rotatable bonds is 5. The average molecular weight is 398 g/mol. The smallest absolute Gasteiger partial charge is 0.253 e. The molecule has 0 aliphatic heterocycles. The van der Waals surface area contributed by atoms with Gasteiger partial charge in [-0.1, -0.05) is 32.4 Å². The van der Waals surface area contributed by atoms with E-state index in [1.54, 1.807) is 0 Å². The number of benzene rings is 1. The van der Waals surface area contributed by atoms with Crippen molar-refractivity contribution < 1.29 is 13.2 Å². The first-order valence-corrected chi connectivity index (χ1v) is 9.12. The minimum Gasteiger partial charge on any atom is -0.349 e. The molecule has 0 heterocycles. The number of primary sulfonamides is 1. The number of sulfonamides is 1. The highest BCUT2D eigenvalue weighted by atomic mass is 79.9. The summed E-state index contributed by atoms with van der Waals surface area (Å²) in [5.41, 5.74) is 0.0861. The summed E-state index contributed by atoms with van der Waals surface area (Å²) in [4.78, 5) is 12.1. The van der Waals surface area contributed by atoms with E-state index in [9.17, 15) is 13.2 Å². The molecule has 0 radical (unpaired) electrons. The first-order valence-electron chi connectivity index (χ1n) is 6.40. The molecular formula is C13H18BrClN2O3S. The summed E-state index contributed by atoms with van der Waals surface area (Å²) in [6.07, 6.45) is 0.763. The van der Waals surface area contributed by atoms with E-state index in [4.69, 9.17) is 16.7 Å². The summed E-state index contributed by atoms with van der Waals surface area (Å²) in [5, 5.41) is 8.12. The van der Waals surface area contributed by atoms with Crippen molar-refractivity contribution in [2.24, 2.45) is 11.1 Å². The van der Waals surface area contributed by atoms with Crippen molar-refractivity contribution in [3.8, 4) is 0 Å². The third-order valence-electron chi connectivity index (χ3n) is 3.13. The van der Waals surface area contributed by atoms with Crippen LogP contribution in [0.4, 0.5) is 0 Å². The molecule has 1 atom stereocenters. The van der Waals surface area contributed by atoms with Crippen LogP contribution in [0.15, 0.2) is 21.5 Å². The Kier molecular flexibility index (Phi) is 6.22. The van der Waals surface area contributed by atoms with Crippen LogP contribution in [0.1, 0.15) is 37.6 Å². The van der Waals surface area contributed by atoms with Crippen molar-refractivity contribution in [2.45, 2.75) is 38.1 Å².